The molecule has 90 valence electrons. The second-order valence-electron chi connectivity index (χ2n) is 2.93. The van der Waals surface area contributed by atoms with Crippen LogP contribution in [0.2, 0.25) is 0 Å². The van der Waals surface area contributed by atoms with Crippen LogP contribution in [0, 0.1) is 0 Å². The Balaban J connectivity index is 4.11. The third-order valence-electron chi connectivity index (χ3n) is 1.60. The van der Waals surface area contributed by atoms with Crippen molar-refractivity contribution in [2.75, 3.05) is 6.61 Å². The molecule has 0 saturated heterocycles. The number of nitrogens with two attached hydrogens (primary N) is 1. The standard InChI is InChI=1S/C9H14N2O5/c1-2-5-16-9(15)11-6(8(13)14)3-4-7(10)12/h2,6H,1,3-5H2,(H2,10,12)(H,11,15)(H,13,14)/t6-/m1/s1. The molecule has 0 rings (SSSR count). The summed E-state index contributed by atoms with van der Waals surface area (Å²) >= 11 is 0. The second kappa shape index (κ2) is 7.27. The first-order valence-corrected chi connectivity index (χ1v) is 4.52. The maximum atomic E-state index is 11.0. The second-order valence-corrected chi connectivity index (χ2v) is 2.93. The van der Waals surface area contributed by atoms with Crippen molar-refractivity contribution >= 4 is 18.0 Å². The third kappa shape index (κ3) is 6.41. The van der Waals surface area contributed by atoms with E-state index in [1.54, 1.807) is 0 Å². The van der Waals surface area contributed by atoms with Crippen LogP contribution >= 0.6 is 0 Å². The van der Waals surface area contributed by atoms with Crippen molar-refractivity contribution in [3.8, 4) is 0 Å². The molecule has 0 aliphatic carbocycles. The van der Waals surface area contributed by atoms with Crippen LogP contribution in [-0.2, 0) is 14.3 Å². The van der Waals surface area contributed by atoms with Crippen molar-refractivity contribution in [1.29, 1.82) is 0 Å². The number of carboxylic acid groups (broad SMARTS) is 1. The number of hydrogen-bond acceptors (Lipinski definition) is 4. The molecular weight excluding hydrogens is 216 g/mol. The van der Waals surface area contributed by atoms with Crippen molar-refractivity contribution in [3.63, 3.8) is 0 Å². The summed E-state index contributed by atoms with van der Waals surface area (Å²) in [6, 6.07) is -1.19. The summed E-state index contributed by atoms with van der Waals surface area (Å²) < 4.78 is 4.53. The molecule has 0 bridgehead atoms. The number of hydrogen-bond donors (Lipinski definition) is 3. The normalized spacial score (nSPS) is 11.2. The average Bonchev–Trinajstić information content (AvgIpc) is 2.20. The topological polar surface area (TPSA) is 119 Å². The lowest BCUT2D eigenvalue weighted by molar-refractivity contribution is -0.139. The van der Waals surface area contributed by atoms with Gasteiger partial charge in [0.05, 0.1) is 0 Å². The Morgan fingerprint density at radius 2 is 2.12 bits per heavy atom. The molecule has 16 heavy (non-hydrogen) atoms. The summed E-state index contributed by atoms with van der Waals surface area (Å²) in [5, 5.41) is 10.8. The number of alkyl carbamates (subject to hydrolysis) is 1. The fraction of sp³-hybridized carbons (Fsp3) is 0.444. The minimum absolute atomic E-state index is 0.0198. The van der Waals surface area contributed by atoms with E-state index in [4.69, 9.17) is 10.8 Å². The molecule has 0 unspecified atom stereocenters. The minimum Gasteiger partial charge on any atom is -0.480 e. The third-order valence-corrected chi connectivity index (χ3v) is 1.60. The van der Waals surface area contributed by atoms with Gasteiger partial charge in [-0.3, -0.25) is 4.79 Å². The minimum atomic E-state index is -1.25. The van der Waals surface area contributed by atoms with Gasteiger partial charge in [-0.15, -0.1) is 0 Å². The van der Waals surface area contributed by atoms with Crippen molar-refractivity contribution in [2.45, 2.75) is 18.9 Å². The molecule has 0 aromatic heterocycles. The molecule has 7 nitrogen and oxygen atoms in total. The Morgan fingerprint density at radius 3 is 2.56 bits per heavy atom. The Morgan fingerprint density at radius 1 is 1.50 bits per heavy atom. The summed E-state index contributed by atoms with van der Waals surface area (Å²) in [5.74, 6) is -1.88. The van der Waals surface area contributed by atoms with Crippen molar-refractivity contribution in [3.05, 3.63) is 12.7 Å². The Bertz CT molecular complexity index is 290. The molecule has 0 radical (unpaired) electrons. The summed E-state index contributed by atoms with van der Waals surface area (Å²) in [6.07, 6.45) is 0.266. The van der Waals surface area contributed by atoms with E-state index < -0.39 is 24.0 Å². The van der Waals surface area contributed by atoms with Crippen molar-refractivity contribution in [1.82, 2.24) is 5.32 Å². The lowest BCUT2D eigenvalue weighted by atomic mass is 10.1. The number of primary amides is 1. The van der Waals surface area contributed by atoms with Gasteiger partial charge in [-0.2, -0.15) is 0 Å². The summed E-state index contributed by atoms with van der Waals surface area (Å²) in [4.78, 5) is 32.1. The van der Waals surface area contributed by atoms with Crippen molar-refractivity contribution < 1.29 is 24.2 Å². The number of aliphatic carboxylic acids is 1. The van der Waals surface area contributed by atoms with E-state index in [9.17, 15) is 14.4 Å². The monoisotopic (exact) mass is 230 g/mol. The predicted molar refractivity (Wildman–Crippen MR) is 54.5 cm³/mol. The van der Waals surface area contributed by atoms with Crippen LogP contribution in [0.25, 0.3) is 0 Å². The SMILES string of the molecule is C=CCOC(=O)N[C@H](CCC(N)=O)C(=O)O. The molecule has 0 heterocycles. The van der Waals surface area contributed by atoms with E-state index in [0.29, 0.717) is 0 Å². The highest BCUT2D eigenvalue weighted by Crippen LogP contribution is 1.98. The molecule has 0 aromatic carbocycles. The van der Waals surface area contributed by atoms with E-state index in [0.717, 1.165) is 0 Å². The summed E-state index contributed by atoms with van der Waals surface area (Å²) in [6.45, 7) is 3.30. The largest absolute Gasteiger partial charge is 0.480 e. The zero-order valence-corrected chi connectivity index (χ0v) is 8.64. The quantitative estimate of drug-likeness (QED) is 0.515. The molecule has 4 N–H and O–H groups in total. The van der Waals surface area contributed by atoms with Crippen LogP contribution in [0.3, 0.4) is 0 Å². The van der Waals surface area contributed by atoms with Gasteiger partial charge in [-0.05, 0) is 6.42 Å². The van der Waals surface area contributed by atoms with Crippen LogP contribution in [0.4, 0.5) is 4.79 Å². The zero-order valence-electron chi connectivity index (χ0n) is 8.64. The maximum Gasteiger partial charge on any atom is 0.408 e. The molecule has 0 saturated carbocycles. The number of rotatable bonds is 7. The maximum absolute atomic E-state index is 11.0. The van der Waals surface area contributed by atoms with Gasteiger partial charge in [0.25, 0.3) is 0 Å². The van der Waals surface area contributed by atoms with E-state index in [-0.39, 0.29) is 19.4 Å². The van der Waals surface area contributed by atoms with Crippen LogP contribution in [-0.4, -0.2) is 35.7 Å². The number of carbonyl (C=O) groups excluding carboxylic acids is 2. The van der Waals surface area contributed by atoms with Gasteiger partial charge in [-0.1, -0.05) is 12.7 Å². The molecule has 7 heteroatoms. The van der Waals surface area contributed by atoms with E-state index in [1.165, 1.54) is 6.08 Å². The fourth-order valence-corrected chi connectivity index (χ4v) is 0.863. The first-order valence-electron chi connectivity index (χ1n) is 4.52. The molecule has 0 aliphatic heterocycles. The molecule has 1 atom stereocenters. The number of nitrogens with one attached hydrogen (secondary N) is 1. The van der Waals surface area contributed by atoms with Gasteiger partial charge in [0.1, 0.15) is 12.6 Å². The molecule has 0 aromatic rings. The van der Waals surface area contributed by atoms with Crippen LogP contribution in [0.5, 0.6) is 0 Å². The highest BCUT2D eigenvalue weighted by molar-refractivity contribution is 5.81. The smallest absolute Gasteiger partial charge is 0.408 e. The molecule has 0 aliphatic rings. The first-order chi connectivity index (χ1) is 7.47. The Hall–Kier alpha value is -2.05. The predicted octanol–water partition coefficient (Wildman–Crippen LogP) is -0.383. The zero-order chi connectivity index (χ0) is 12.6. The van der Waals surface area contributed by atoms with Crippen molar-refractivity contribution in [2.24, 2.45) is 5.73 Å². The fourth-order valence-electron chi connectivity index (χ4n) is 0.863. The lowest BCUT2D eigenvalue weighted by Gasteiger charge is -2.12. The average molecular weight is 230 g/mol. The lowest BCUT2D eigenvalue weighted by Crippen LogP contribution is -2.41. The summed E-state index contributed by atoms with van der Waals surface area (Å²) in [5.41, 5.74) is 4.86. The van der Waals surface area contributed by atoms with Gasteiger partial charge in [0, 0.05) is 6.42 Å². The molecular formula is C9H14N2O5. The van der Waals surface area contributed by atoms with Crippen LogP contribution < -0.4 is 11.1 Å². The number of carbonyl (C=O) groups is 3. The van der Waals surface area contributed by atoms with Crippen LogP contribution in [0.15, 0.2) is 12.7 Å². The van der Waals surface area contributed by atoms with E-state index in [1.807, 2.05) is 0 Å². The van der Waals surface area contributed by atoms with Gasteiger partial charge < -0.3 is 20.9 Å². The number of carboxylic acids is 1. The Labute approximate surface area is 92.3 Å². The van der Waals surface area contributed by atoms with E-state index in [2.05, 4.69) is 16.6 Å². The Kier molecular flexibility index (Phi) is 6.34. The molecule has 0 spiro atoms. The number of ether oxygens (including phenoxy) is 1. The number of amides is 2. The first kappa shape index (κ1) is 13.9. The van der Waals surface area contributed by atoms with Gasteiger partial charge in [0.2, 0.25) is 5.91 Å². The van der Waals surface area contributed by atoms with Gasteiger partial charge >= 0.3 is 12.1 Å². The van der Waals surface area contributed by atoms with E-state index >= 15 is 0 Å². The molecule has 2 amide bonds. The molecule has 0 fully saturated rings. The van der Waals surface area contributed by atoms with Crippen LogP contribution in [0.1, 0.15) is 12.8 Å². The van der Waals surface area contributed by atoms with Gasteiger partial charge in [0.15, 0.2) is 0 Å². The highest BCUT2D eigenvalue weighted by atomic mass is 16.5. The summed E-state index contributed by atoms with van der Waals surface area (Å²) in [7, 11) is 0. The highest BCUT2D eigenvalue weighted by Gasteiger charge is 2.20. The van der Waals surface area contributed by atoms with Gasteiger partial charge in [-0.25, -0.2) is 9.59 Å².